The molecule has 0 saturated heterocycles. The topological polar surface area (TPSA) is 156 Å². The summed E-state index contributed by atoms with van der Waals surface area (Å²) in [4.78, 5) is 51.8. The highest BCUT2D eigenvalue weighted by atomic mass is 35.5. The minimum Gasteiger partial charge on any atom is -0.493 e. The van der Waals surface area contributed by atoms with Crippen LogP contribution in [0.3, 0.4) is 0 Å². The van der Waals surface area contributed by atoms with Gasteiger partial charge >= 0.3 is 0 Å². The number of fused-ring (bicyclic) bond motifs is 15. The van der Waals surface area contributed by atoms with E-state index in [2.05, 4.69) is 31.6 Å². The molecule has 0 aliphatic carbocycles. The minimum absolute atomic E-state index is 0.128. The lowest BCUT2D eigenvalue weighted by Crippen LogP contribution is -2.53. The quantitative estimate of drug-likeness (QED) is 0.325. The molecule has 43 heavy (non-hydrogen) atoms. The van der Waals surface area contributed by atoms with E-state index in [4.69, 9.17) is 16.3 Å². The zero-order valence-electron chi connectivity index (χ0n) is 24.4. The Morgan fingerprint density at radius 2 is 1.74 bits per heavy atom. The minimum atomic E-state index is -0.890. The first kappa shape index (κ1) is 31.5. The van der Waals surface area contributed by atoms with Crippen LogP contribution in [-0.2, 0) is 29.2 Å². The third kappa shape index (κ3) is 9.02. The van der Waals surface area contributed by atoms with Gasteiger partial charge in [-0.1, -0.05) is 42.8 Å². The summed E-state index contributed by atoms with van der Waals surface area (Å²) < 4.78 is 7.54. The number of aromatic nitrogens is 3. The molecular weight excluding hydrogens is 574 g/mol. The molecule has 0 saturated carbocycles. The Bertz CT molecular complexity index is 1460. The van der Waals surface area contributed by atoms with Crippen LogP contribution in [0.1, 0.15) is 65.6 Å². The zero-order chi connectivity index (χ0) is 30.9. The van der Waals surface area contributed by atoms with Gasteiger partial charge in [0.25, 0.3) is 11.8 Å². The van der Waals surface area contributed by atoms with E-state index in [1.807, 2.05) is 13.8 Å². The molecule has 4 N–H and O–H groups in total. The van der Waals surface area contributed by atoms with Gasteiger partial charge in [0, 0.05) is 30.1 Å². The lowest BCUT2D eigenvalue weighted by Gasteiger charge is -2.22. The Hall–Kier alpha value is -4.45. The average Bonchev–Trinajstić information content (AvgIpc) is 3.43. The van der Waals surface area contributed by atoms with E-state index >= 15 is 0 Å². The van der Waals surface area contributed by atoms with Crippen LogP contribution in [-0.4, -0.2) is 57.3 Å². The van der Waals surface area contributed by atoms with Gasteiger partial charge in [-0.2, -0.15) is 0 Å². The number of hydrogen-bond acceptors (Lipinski definition) is 7. The number of hydrogen-bond donors (Lipinski definition) is 4. The number of rotatable bonds is 2. The van der Waals surface area contributed by atoms with E-state index in [1.165, 1.54) is 0 Å². The van der Waals surface area contributed by atoms with E-state index in [9.17, 15) is 19.2 Å². The van der Waals surface area contributed by atoms with Crippen molar-refractivity contribution in [3.8, 4) is 5.75 Å². The number of carbonyl (C=O) groups excluding carboxylic acids is 4. The molecule has 228 valence electrons. The van der Waals surface area contributed by atoms with Gasteiger partial charge < -0.3 is 26.0 Å². The molecule has 2 aromatic carbocycles. The number of nitrogens with zero attached hydrogens (tertiary/aromatic N) is 3. The number of amides is 4. The van der Waals surface area contributed by atoms with Crippen molar-refractivity contribution in [2.45, 2.75) is 65.3 Å². The van der Waals surface area contributed by atoms with Crippen molar-refractivity contribution in [3.63, 3.8) is 0 Å². The molecule has 4 amide bonds. The molecule has 12 nitrogen and oxygen atoms in total. The van der Waals surface area contributed by atoms with Gasteiger partial charge in [0.2, 0.25) is 11.8 Å². The molecule has 5 rings (SSSR count). The number of carbonyl (C=O) groups is 4. The lowest BCUT2D eigenvalue weighted by molar-refractivity contribution is -0.130. The van der Waals surface area contributed by atoms with Crippen LogP contribution < -0.4 is 26.0 Å². The Morgan fingerprint density at radius 3 is 2.49 bits per heavy atom. The van der Waals surface area contributed by atoms with E-state index in [0.717, 1.165) is 5.56 Å². The van der Waals surface area contributed by atoms with Gasteiger partial charge in [-0.25, -0.2) is 0 Å². The Kier molecular flexibility index (Phi) is 10.7. The van der Waals surface area contributed by atoms with Crippen LogP contribution in [0.5, 0.6) is 5.75 Å². The molecule has 0 fully saturated rings. The maximum absolute atomic E-state index is 13.0. The first-order valence-electron chi connectivity index (χ1n) is 14.2. The predicted molar refractivity (Wildman–Crippen MR) is 159 cm³/mol. The van der Waals surface area contributed by atoms with Gasteiger partial charge in [-0.15, -0.1) is 5.10 Å². The molecule has 0 radical (unpaired) electrons. The van der Waals surface area contributed by atoms with Gasteiger partial charge in [0.1, 0.15) is 23.5 Å². The number of benzene rings is 2. The summed E-state index contributed by atoms with van der Waals surface area (Å²) in [6.45, 7) is 6.60. The van der Waals surface area contributed by atoms with Crippen molar-refractivity contribution in [2.24, 2.45) is 5.92 Å². The average molecular weight is 610 g/mol. The van der Waals surface area contributed by atoms with Crippen molar-refractivity contribution in [3.05, 3.63) is 76.1 Å². The third-order valence-electron chi connectivity index (χ3n) is 6.76. The molecule has 2 atom stereocenters. The first-order chi connectivity index (χ1) is 20.6. The highest BCUT2D eigenvalue weighted by molar-refractivity contribution is 6.30. The fourth-order valence-electron chi connectivity index (χ4n) is 4.44. The zero-order valence-corrected chi connectivity index (χ0v) is 25.1. The summed E-state index contributed by atoms with van der Waals surface area (Å²) >= 11 is 6.17. The van der Waals surface area contributed by atoms with E-state index in [0.29, 0.717) is 53.6 Å². The number of aryl methyl sites for hydroxylation is 1. The standard InChI is InChI=1S/C30H36ClN7O5/c1-18(2)13-25-30(42)33-16-23-17-38(37-36-23)11-4-12-43-26-14-22(31)9-10-24(26)29(41)32-15-20-5-7-21(8-6-20)28(40)34-19(3)27(39)35-25/h5-10,14,17-19,25H,4,11-13,15-16H2,1-3H3,(H,32,41)(H,33,42)(H,34,40)(H,35,39)/t19-,25-/m1/s1. The van der Waals surface area contributed by atoms with E-state index in [-0.39, 0.29) is 30.8 Å². The molecule has 13 heteroatoms. The number of halogens is 1. The lowest BCUT2D eigenvalue weighted by atomic mass is 10.0. The molecule has 1 aromatic heterocycles. The summed E-state index contributed by atoms with van der Waals surface area (Å²) in [6, 6.07) is 9.82. The van der Waals surface area contributed by atoms with Gasteiger partial charge in [0.15, 0.2) is 0 Å². The van der Waals surface area contributed by atoms with E-state index in [1.54, 1.807) is 60.3 Å². The largest absolute Gasteiger partial charge is 0.493 e. The second-order valence-corrected chi connectivity index (χ2v) is 11.2. The monoisotopic (exact) mass is 609 g/mol. The highest BCUT2D eigenvalue weighted by Crippen LogP contribution is 2.24. The molecule has 3 aromatic rings. The summed E-state index contributed by atoms with van der Waals surface area (Å²) in [7, 11) is 0. The summed E-state index contributed by atoms with van der Waals surface area (Å²) in [5, 5.41) is 19.8. The van der Waals surface area contributed by atoms with Crippen LogP contribution in [0.25, 0.3) is 0 Å². The van der Waals surface area contributed by atoms with E-state index < -0.39 is 23.9 Å². The van der Waals surface area contributed by atoms with Gasteiger partial charge in [-0.05, 0) is 55.2 Å². The first-order valence-corrected chi connectivity index (χ1v) is 14.5. The van der Waals surface area contributed by atoms with Crippen molar-refractivity contribution < 1.29 is 23.9 Å². The van der Waals surface area contributed by atoms with Gasteiger partial charge in [-0.3, -0.25) is 23.9 Å². The second kappa shape index (κ2) is 14.6. The third-order valence-corrected chi connectivity index (χ3v) is 6.99. The van der Waals surface area contributed by atoms with Crippen molar-refractivity contribution in [1.29, 1.82) is 0 Å². The molecule has 4 bridgehead atoms. The Balaban J connectivity index is 1.53. The molecule has 2 aliphatic heterocycles. The van der Waals surface area contributed by atoms with Crippen LogP contribution in [0.2, 0.25) is 5.02 Å². The Labute approximate surface area is 254 Å². The molecule has 2 aliphatic rings. The smallest absolute Gasteiger partial charge is 0.255 e. The predicted octanol–water partition coefficient (Wildman–Crippen LogP) is 2.61. The maximum atomic E-state index is 13.0. The molecule has 3 heterocycles. The normalized spacial score (nSPS) is 19.2. The second-order valence-electron chi connectivity index (χ2n) is 10.8. The van der Waals surface area contributed by atoms with Crippen LogP contribution in [0, 0.1) is 5.92 Å². The van der Waals surface area contributed by atoms with Crippen LogP contribution >= 0.6 is 11.6 Å². The molecular formula is C30H36ClN7O5. The summed E-state index contributed by atoms with van der Waals surface area (Å²) in [5.74, 6) is -1.12. The Morgan fingerprint density at radius 1 is 0.977 bits per heavy atom. The fourth-order valence-corrected chi connectivity index (χ4v) is 4.60. The van der Waals surface area contributed by atoms with Crippen molar-refractivity contribution in [1.82, 2.24) is 36.3 Å². The van der Waals surface area contributed by atoms with Crippen LogP contribution in [0.4, 0.5) is 0 Å². The summed E-state index contributed by atoms with van der Waals surface area (Å²) in [5.41, 5.74) is 2.01. The van der Waals surface area contributed by atoms with Crippen molar-refractivity contribution in [2.75, 3.05) is 6.61 Å². The highest BCUT2D eigenvalue weighted by Gasteiger charge is 2.25. The maximum Gasteiger partial charge on any atom is 0.255 e. The van der Waals surface area contributed by atoms with Crippen molar-refractivity contribution >= 4 is 35.2 Å². The SMILES string of the molecule is CC(C)C[C@H]1NC(=O)[C@@H](C)NC(=O)c2ccc(cc2)CNC(=O)c2ccc(Cl)cc2OCCCn2cc(nn2)CNC1=O. The van der Waals surface area contributed by atoms with Crippen LogP contribution in [0.15, 0.2) is 48.7 Å². The number of ether oxygens (including phenoxy) is 1. The van der Waals surface area contributed by atoms with Gasteiger partial charge in [0.05, 0.1) is 24.9 Å². The number of nitrogens with one attached hydrogen (secondary N) is 4. The molecule has 0 spiro atoms. The fraction of sp³-hybridized carbons (Fsp3) is 0.400. The molecule has 0 unspecified atom stereocenters. The summed E-state index contributed by atoms with van der Waals surface area (Å²) in [6.07, 6.45) is 2.71.